The molecule has 0 unspecified atom stereocenters. The van der Waals surface area contributed by atoms with E-state index in [1.807, 2.05) is 18.4 Å². The maximum Gasteiger partial charge on any atom is 0.190 e. The Hall–Kier alpha value is -0.370. The summed E-state index contributed by atoms with van der Waals surface area (Å²) < 4.78 is 0. The largest absolute Gasteiger partial charge is 0.356 e. The highest BCUT2D eigenvalue weighted by Crippen LogP contribution is 2.27. The SMILES string of the molecule is CCCCNC(=NC)NCCCc1nc2c(s1)CCCC2.I. The van der Waals surface area contributed by atoms with Crippen molar-refractivity contribution in [3.63, 3.8) is 0 Å². The first-order chi connectivity index (χ1) is 10.3. The highest BCUT2D eigenvalue weighted by molar-refractivity contribution is 14.0. The van der Waals surface area contributed by atoms with E-state index in [0.29, 0.717) is 0 Å². The molecular formula is C16H29IN4S. The zero-order chi connectivity index (χ0) is 14.9. The van der Waals surface area contributed by atoms with Gasteiger partial charge in [-0.15, -0.1) is 35.3 Å². The molecule has 6 heteroatoms. The molecule has 1 aliphatic carbocycles. The van der Waals surface area contributed by atoms with Crippen LogP contribution < -0.4 is 10.6 Å². The number of hydrogen-bond acceptors (Lipinski definition) is 3. The third kappa shape index (κ3) is 6.40. The van der Waals surface area contributed by atoms with Crippen LogP contribution in [0.25, 0.3) is 0 Å². The molecule has 0 saturated heterocycles. The van der Waals surface area contributed by atoms with Crippen molar-refractivity contribution in [1.29, 1.82) is 0 Å². The molecule has 0 bridgehead atoms. The van der Waals surface area contributed by atoms with E-state index < -0.39 is 0 Å². The minimum Gasteiger partial charge on any atom is -0.356 e. The number of rotatable bonds is 7. The van der Waals surface area contributed by atoms with E-state index in [2.05, 4.69) is 22.5 Å². The maximum absolute atomic E-state index is 4.79. The maximum atomic E-state index is 4.79. The van der Waals surface area contributed by atoms with Crippen LogP contribution in [0.2, 0.25) is 0 Å². The fraction of sp³-hybridized carbons (Fsp3) is 0.750. The number of aromatic nitrogens is 1. The van der Waals surface area contributed by atoms with Gasteiger partial charge >= 0.3 is 0 Å². The average molecular weight is 436 g/mol. The Morgan fingerprint density at radius 3 is 2.59 bits per heavy atom. The number of thiazole rings is 1. The number of guanidine groups is 1. The van der Waals surface area contributed by atoms with Crippen LogP contribution in [0.3, 0.4) is 0 Å². The fourth-order valence-corrected chi connectivity index (χ4v) is 3.76. The van der Waals surface area contributed by atoms with Gasteiger partial charge in [0, 0.05) is 31.4 Å². The molecule has 2 rings (SSSR count). The zero-order valence-electron chi connectivity index (χ0n) is 13.8. The minimum absolute atomic E-state index is 0. The molecule has 2 N–H and O–H groups in total. The van der Waals surface area contributed by atoms with Crippen LogP contribution in [0.1, 0.15) is 54.6 Å². The standard InChI is InChI=1S/C16H28N4S.HI/c1-3-4-11-18-16(17-2)19-12-7-10-15-20-13-8-5-6-9-14(13)21-15;/h3-12H2,1-2H3,(H2,17,18,19);1H. The van der Waals surface area contributed by atoms with E-state index in [0.717, 1.165) is 31.9 Å². The van der Waals surface area contributed by atoms with Crippen molar-refractivity contribution in [3.8, 4) is 0 Å². The predicted molar refractivity (Wildman–Crippen MR) is 107 cm³/mol. The molecule has 0 fully saturated rings. The number of fused-ring (bicyclic) bond motifs is 1. The van der Waals surface area contributed by atoms with E-state index in [4.69, 9.17) is 4.98 Å². The van der Waals surface area contributed by atoms with Gasteiger partial charge in [0.15, 0.2) is 5.96 Å². The second-order valence-corrected chi connectivity index (χ2v) is 6.74. The predicted octanol–water partition coefficient (Wildman–Crippen LogP) is 3.54. The zero-order valence-corrected chi connectivity index (χ0v) is 16.9. The lowest BCUT2D eigenvalue weighted by Crippen LogP contribution is -2.38. The van der Waals surface area contributed by atoms with Crippen molar-refractivity contribution in [3.05, 3.63) is 15.6 Å². The number of nitrogens with one attached hydrogen (secondary N) is 2. The van der Waals surface area contributed by atoms with Gasteiger partial charge in [-0.05, 0) is 38.5 Å². The molecule has 1 aromatic rings. The third-order valence-corrected chi connectivity index (χ3v) is 5.01. The molecule has 0 aliphatic heterocycles. The van der Waals surface area contributed by atoms with Crippen LogP contribution in [-0.4, -0.2) is 31.1 Å². The van der Waals surface area contributed by atoms with Crippen LogP contribution >= 0.6 is 35.3 Å². The van der Waals surface area contributed by atoms with Gasteiger partial charge in [-0.1, -0.05) is 13.3 Å². The van der Waals surface area contributed by atoms with E-state index in [1.165, 1.54) is 49.2 Å². The first-order valence-corrected chi connectivity index (χ1v) is 9.07. The summed E-state index contributed by atoms with van der Waals surface area (Å²) in [7, 11) is 1.83. The molecule has 1 aromatic heterocycles. The molecule has 0 atom stereocenters. The summed E-state index contributed by atoms with van der Waals surface area (Å²) >= 11 is 1.93. The molecule has 126 valence electrons. The molecular weight excluding hydrogens is 407 g/mol. The molecule has 1 heterocycles. The first kappa shape index (κ1) is 19.7. The van der Waals surface area contributed by atoms with Crippen molar-refractivity contribution in [2.45, 2.75) is 58.3 Å². The van der Waals surface area contributed by atoms with Crippen LogP contribution in [0.4, 0.5) is 0 Å². The Morgan fingerprint density at radius 2 is 1.91 bits per heavy atom. The van der Waals surface area contributed by atoms with Gasteiger partial charge in [0.05, 0.1) is 10.7 Å². The lowest BCUT2D eigenvalue weighted by atomic mass is 10.0. The Balaban J connectivity index is 0.00000242. The number of aryl methyl sites for hydroxylation is 3. The molecule has 0 amide bonds. The van der Waals surface area contributed by atoms with Gasteiger partial charge in [0.1, 0.15) is 0 Å². The summed E-state index contributed by atoms with van der Waals surface area (Å²) in [5.74, 6) is 0.918. The van der Waals surface area contributed by atoms with Gasteiger partial charge < -0.3 is 10.6 Å². The molecule has 22 heavy (non-hydrogen) atoms. The Bertz CT molecular complexity index is 435. The number of nitrogens with zero attached hydrogens (tertiary/aromatic N) is 2. The Kier molecular flexibility index (Phi) is 10.0. The third-order valence-electron chi connectivity index (χ3n) is 3.80. The second-order valence-electron chi connectivity index (χ2n) is 5.57. The number of aliphatic imine (C=N–C) groups is 1. The summed E-state index contributed by atoms with van der Waals surface area (Å²) in [6.07, 6.45) is 9.69. The lowest BCUT2D eigenvalue weighted by molar-refractivity contribution is 0.677. The summed E-state index contributed by atoms with van der Waals surface area (Å²) in [6.45, 7) is 4.15. The summed E-state index contributed by atoms with van der Waals surface area (Å²) in [4.78, 5) is 10.6. The number of hydrogen-bond donors (Lipinski definition) is 2. The second kappa shape index (κ2) is 11.2. The molecule has 0 radical (unpaired) electrons. The summed E-state index contributed by atoms with van der Waals surface area (Å²) in [5.41, 5.74) is 1.38. The average Bonchev–Trinajstić information content (AvgIpc) is 2.92. The molecule has 0 spiro atoms. The topological polar surface area (TPSA) is 49.3 Å². The summed E-state index contributed by atoms with van der Waals surface area (Å²) in [5, 5.41) is 8.03. The highest BCUT2D eigenvalue weighted by Gasteiger charge is 2.14. The molecule has 0 aromatic carbocycles. The lowest BCUT2D eigenvalue weighted by Gasteiger charge is -2.10. The van der Waals surface area contributed by atoms with Crippen LogP contribution in [0.5, 0.6) is 0 Å². The number of halogens is 1. The van der Waals surface area contributed by atoms with E-state index >= 15 is 0 Å². The highest BCUT2D eigenvalue weighted by atomic mass is 127. The molecule has 1 aliphatic rings. The normalized spacial score (nSPS) is 14.2. The molecule has 4 nitrogen and oxygen atoms in total. The van der Waals surface area contributed by atoms with Gasteiger partial charge in [0.25, 0.3) is 0 Å². The van der Waals surface area contributed by atoms with Gasteiger partial charge in [-0.3, -0.25) is 4.99 Å². The van der Waals surface area contributed by atoms with Gasteiger partial charge in [0.2, 0.25) is 0 Å². The van der Waals surface area contributed by atoms with Crippen molar-refractivity contribution in [1.82, 2.24) is 15.6 Å². The van der Waals surface area contributed by atoms with Crippen LogP contribution in [-0.2, 0) is 19.3 Å². The quantitative estimate of drug-likeness (QED) is 0.298. The van der Waals surface area contributed by atoms with E-state index in [9.17, 15) is 0 Å². The van der Waals surface area contributed by atoms with Gasteiger partial charge in [-0.25, -0.2) is 4.98 Å². The smallest absolute Gasteiger partial charge is 0.190 e. The minimum atomic E-state index is 0. The first-order valence-electron chi connectivity index (χ1n) is 8.25. The molecule has 0 saturated carbocycles. The Morgan fingerprint density at radius 1 is 1.18 bits per heavy atom. The van der Waals surface area contributed by atoms with E-state index in [1.54, 1.807) is 4.88 Å². The summed E-state index contributed by atoms with van der Waals surface area (Å²) in [6, 6.07) is 0. The van der Waals surface area contributed by atoms with Crippen molar-refractivity contribution in [2.75, 3.05) is 20.1 Å². The monoisotopic (exact) mass is 436 g/mol. The van der Waals surface area contributed by atoms with Crippen LogP contribution in [0.15, 0.2) is 4.99 Å². The van der Waals surface area contributed by atoms with Crippen molar-refractivity contribution >= 4 is 41.3 Å². The fourth-order valence-electron chi connectivity index (χ4n) is 2.56. The number of unbranched alkanes of at least 4 members (excludes halogenated alkanes) is 1. The van der Waals surface area contributed by atoms with E-state index in [-0.39, 0.29) is 24.0 Å². The van der Waals surface area contributed by atoms with Crippen LogP contribution in [0, 0.1) is 0 Å². The van der Waals surface area contributed by atoms with Crippen molar-refractivity contribution < 1.29 is 0 Å². The van der Waals surface area contributed by atoms with Gasteiger partial charge in [-0.2, -0.15) is 0 Å². The Labute approximate surface area is 155 Å². The van der Waals surface area contributed by atoms with Crippen molar-refractivity contribution in [2.24, 2.45) is 4.99 Å².